The Bertz CT molecular complexity index is 408. The van der Waals surface area contributed by atoms with Crippen molar-refractivity contribution in [2.45, 2.75) is 52.9 Å². The van der Waals surface area contributed by atoms with Gasteiger partial charge in [0.2, 0.25) is 0 Å². The number of nitrogens with zero attached hydrogens (tertiary/aromatic N) is 1. The second kappa shape index (κ2) is 4.89. The molecule has 3 heteroatoms. The zero-order valence-electron chi connectivity index (χ0n) is 11.0. The molecule has 1 aliphatic carbocycles. The number of rotatable bonds is 3. The number of thiazole rings is 1. The molecule has 0 aliphatic heterocycles. The number of aryl methyl sites for hydroxylation is 1. The normalized spacial score (nSPS) is 23.6. The molecule has 1 aliphatic rings. The van der Waals surface area contributed by atoms with E-state index in [-0.39, 0.29) is 11.3 Å². The van der Waals surface area contributed by atoms with Crippen LogP contribution in [0.5, 0.6) is 0 Å². The Morgan fingerprint density at radius 1 is 1.53 bits per heavy atom. The standard InChI is InChI=1S/C14H21NOS/c1-10-9-17-13(15-10)8-12(16)11-6-4-5-7-14(11,2)3/h9,11H,4-8H2,1-3H3. The molecule has 0 spiro atoms. The molecule has 1 heterocycles. The summed E-state index contributed by atoms with van der Waals surface area (Å²) in [5.74, 6) is 0.629. The maximum absolute atomic E-state index is 12.4. The molecule has 0 bridgehead atoms. The molecule has 1 aromatic heterocycles. The monoisotopic (exact) mass is 251 g/mol. The Morgan fingerprint density at radius 2 is 2.29 bits per heavy atom. The van der Waals surface area contributed by atoms with E-state index in [1.807, 2.05) is 12.3 Å². The Kier molecular flexibility index (Phi) is 3.67. The number of ketones is 1. The van der Waals surface area contributed by atoms with Crippen LogP contribution in [0.3, 0.4) is 0 Å². The van der Waals surface area contributed by atoms with Crippen molar-refractivity contribution in [3.8, 4) is 0 Å². The molecular weight excluding hydrogens is 230 g/mol. The van der Waals surface area contributed by atoms with E-state index in [1.54, 1.807) is 11.3 Å². The lowest BCUT2D eigenvalue weighted by atomic mass is 9.67. The van der Waals surface area contributed by atoms with Gasteiger partial charge in [-0.3, -0.25) is 4.79 Å². The lowest BCUT2D eigenvalue weighted by molar-refractivity contribution is -0.127. The fourth-order valence-corrected chi connectivity index (χ4v) is 3.63. The summed E-state index contributed by atoms with van der Waals surface area (Å²) in [6, 6.07) is 0. The van der Waals surface area contributed by atoms with Gasteiger partial charge in [0.15, 0.2) is 0 Å². The summed E-state index contributed by atoms with van der Waals surface area (Å²) < 4.78 is 0. The van der Waals surface area contributed by atoms with Gasteiger partial charge in [-0.15, -0.1) is 11.3 Å². The molecule has 17 heavy (non-hydrogen) atoms. The van der Waals surface area contributed by atoms with Gasteiger partial charge in [0, 0.05) is 17.0 Å². The zero-order valence-corrected chi connectivity index (χ0v) is 11.8. The van der Waals surface area contributed by atoms with E-state index in [0.717, 1.165) is 17.1 Å². The topological polar surface area (TPSA) is 30.0 Å². The third-order valence-electron chi connectivity index (χ3n) is 3.89. The van der Waals surface area contributed by atoms with Gasteiger partial charge >= 0.3 is 0 Å². The molecule has 0 N–H and O–H groups in total. The predicted octanol–water partition coefficient (Wildman–Crippen LogP) is 3.78. The molecule has 1 saturated carbocycles. The van der Waals surface area contributed by atoms with Crippen LogP contribution >= 0.6 is 11.3 Å². The summed E-state index contributed by atoms with van der Waals surface area (Å²) in [6.45, 7) is 6.46. The van der Waals surface area contributed by atoms with Crippen LogP contribution in [0.25, 0.3) is 0 Å². The van der Waals surface area contributed by atoms with E-state index in [0.29, 0.717) is 12.2 Å². The van der Waals surface area contributed by atoms with Crippen LogP contribution in [0.4, 0.5) is 0 Å². The molecule has 0 saturated heterocycles. The number of carbonyl (C=O) groups is 1. The van der Waals surface area contributed by atoms with Gasteiger partial charge in [0.25, 0.3) is 0 Å². The Hall–Kier alpha value is -0.700. The van der Waals surface area contributed by atoms with Crippen molar-refractivity contribution in [1.29, 1.82) is 0 Å². The SMILES string of the molecule is Cc1csc(CC(=O)C2CCCCC2(C)C)n1. The maximum atomic E-state index is 12.4. The first kappa shape index (κ1) is 12.7. The largest absolute Gasteiger partial charge is 0.299 e. The van der Waals surface area contributed by atoms with Crippen LogP contribution in [0.1, 0.15) is 50.2 Å². The van der Waals surface area contributed by atoms with E-state index in [1.165, 1.54) is 19.3 Å². The average molecular weight is 251 g/mol. The summed E-state index contributed by atoms with van der Waals surface area (Å²) in [4.78, 5) is 16.7. The summed E-state index contributed by atoms with van der Waals surface area (Å²) in [6.07, 6.45) is 5.26. The molecule has 2 nitrogen and oxygen atoms in total. The second-order valence-electron chi connectivity index (χ2n) is 5.81. The maximum Gasteiger partial charge on any atom is 0.143 e. The molecule has 1 atom stereocenters. The molecule has 0 aromatic carbocycles. The highest BCUT2D eigenvalue weighted by molar-refractivity contribution is 7.09. The van der Waals surface area contributed by atoms with Crippen molar-refractivity contribution in [3.05, 3.63) is 16.1 Å². The van der Waals surface area contributed by atoms with E-state index < -0.39 is 0 Å². The number of Topliss-reactive ketones (excluding diaryl/α,β-unsaturated/α-hetero) is 1. The van der Waals surface area contributed by atoms with Crippen LogP contribution < -0.4 is 0 Å². The molecule has 1 unspecified atom stereocenters. The molecular formula is C14H21NOS. The van der Waals surface area contributed by atoms with Gasteiger partial charge in [-0.05, 0) is 25.2 Å². The van der Waals surface area contributed by atoms with Gasteiger partial charge < -0.3 is 0 Å². The molecule has 1 aromatic rings. The molecule has 2 rings (SSSR count). The van der Waals surface area contributed by atoms with Crippen molar-refractivity contribution in [1.82, 2.24) is 4.98 Å². The summed E-state index contributed by atoms with van der Waals surface area (Å²) >= 11 is 1.61. The number of aromatic nitrogens is 1. The average Bonchev–Trinajstić information content (AvgIpc) is 2.63. The lowest BCUT2D eigenvalue weighted by Gasteiger charge is -2.37. The number of hydrogen-bond acceptors (Lipinski definition) is 3. The van der Waals surface area contributed by atoms with Crippen molar-refractivity contribution in [2.24, 2.45) is 11.3 Å². The highest BCUT2D eigenvalue weighted by Gasteiger charge is 2.36. The van der Waals surface area contributed by atoms with Gasteiger partial charge in [0.1, 0.15) is 10.8 Å². The second-order valence-corrected chi connectivity index (χ2v) is 6.76. The van der Waals surface area contributed by atoms with Crippen LogP contribution in [-0.4, -0.2) is 10.8 Å². The van der Waals surface area contributed by atoms with Crippen molar-refractivity contribution < 1.29 is 4.79 Å². The first-order valence-corrected chi connectivity index (χ1v) is 7.31. The van der Waals surface area contributed by atoms with Crippen molar-refractivity contribution in [3.63, 3.8) is 0 Å². The quantitative estimate of drug-likeness (QED) is 0.818. The zero-order chi connectivity index (χ0) is 12.5. The minimum atomic E-state index is 0.182. The first-order valence-electron chi connectivity index (χ1n) is 6.43. The highest BCUT2D eigenvalue weighted by atomic mass is 32.1. The number of carbonyl (C=O) groups excluding carboxylic acids is 1. The fourth-order valence-electron chi connectivity index (χ4n) is 2.85. The third kappa shape index (κ3) is 2.95. The van der Waals surface area contributed by atoms with Crippen LogP contribution in [0.15, 0.2) is 5.38 Å². The highest BCUT2D eigenvalue weighted by Crippen LogP contribution is 2.41. The van der Waals surface area contributed by atoms with Gasteiger partial charge in [-0.1, -0.05) is 26.7 Å². The van der Waals surface area contributed by atoms with Crippen LogP contribution in [0, 0.1) is 18.3 Å². The minimum Gasteiger partial charge on any atom is -0.299 e. The summed E-state index contributed by atoms with van der Waals surface area (Å²) in [5, 5.41) is 3.00. The fraction of sp³-hybridized carbons (Fsp3) is 0.714. The van der Waals surface area contributed by atoms with E-state index >= 15 is 0 Å². The van der Waals surface area contributed by atoms with E-state index in [2.05, 4.69) is 18.8 Å². The smallest absolute Gasteiger partial charge is 0.143 e. The van der Waals surface area contributed by atoms with Gasteiger partial charge in [-0.25, -0.2) is 4.98 Å². The Morgan fingerprint density at radius 3 is 2.88 bits per heavy atom. The predicted molar refractivity (Wildman–Crippen MR) is 71.3 cm³/mol. The summed E-state index contributed by atoms with van der Waals surface area (Å²) in [5.41, 5.74) is 1.21. The molecule has 94 valence electrons. The van der Waals surface area contributed by atoms with E-state index in [9.17, 15) is 4.79 Å². The Labute approximate surface area is 107 Å². The van der Waals surface area contributed by atoms with Gasteiger partial charge in [-0.2, -0.15) is 0 Å². The van der Waals surface area contributed by atoms with Crippen molar-refractivity contribution >= 4 is 17.1 Å². The molecule has 0 radical (unpaired) electrons. The minimum absolute atomic E-state index is 0.182. The van der Waals surface area contributed by atoms with Crippen LogP contribution in [-0.2, 0) is 11.2 Å². The van der Waals surface area contributed by atoms with Gasteiger partial charge in [0.05, 0.1) is 6.42 Å². The Balaban J connectivity index is 2.04. The number of hydrogen-bond donors (Lipinski definition) is 0. The third-order valence-corrected chi connectivity index (χ3v) is 4.85. The summed E-state index contributed by atoms with van der Waals surface area (Å²) in [7, 11) is 0. The van der Waals surface area contributed by atoms with Crippen LogP contribution in [0.2, 0.25) is 0 Å². The molecule has 0 amide bonds. The molecule has 1 fully saturated rings. The van der Waals surface area contributed by atoms with Crippen molar-refractivity contribution in [2.75, 3.05) is 0 Å². The van der Waals surface area contributed by atoms with E-state index in [4.69, 9.17) is 0 Å². The first-order chi connectivity index (χ1) is 7.99. The lowest BCUT2D eigenvalue weighted by Crippen LogP contribution is -2.34.